The van der Waals surface area contributed by atoms with Crippen LogP contribution in [0.5, 0.6) is 11.5 Å². The molecule has 1 amide bonds. The number of anilines is 1. The lowest BCUT2D eigenvalue weighted by atomic mass is 10.1. The minimum Gasteiger partial charge on any atom is -0.493 e. The number of alkyl halides is 2. The van der Waals surface area contributed by atoms with Crippen LogP contribution in [0.1, 0.15) is 18.1 Å². The Kier molecular flexibility index (Phi) is 5.89. The molecule has 1 N–H and O–H groups in total. The largest absolute Gasteiger partial charge is 0.493 e. The van der Waals surface area contributed by atoms with Crippen LogP contribution in [0.3, 0.4) is 0 Å². The summed E-state index contributed by atoms with van der Waals surface area (Å²) in [6.45, 7) is -0.995. The lowest BCUT2D eigenvalue weighted by molar-refractivity contribution is -0.113. The van der Waals surface area contributed by atoms with Gasteiger partial charge in [0.25, 0.3) is 5.91 Å². The molecule has 1 heterocycles. The van der Waals surface area contributed by atoms with Gasteiger partial charge in [-0.05, 0) is 54.0 Å². The molecule has 0 radical (unpaired) electrons. The Balaban J connectivity index is 1.94. The highest BCUT2D eigenvalue weighted by atomic mass is 32.1. The van der Waals surface area contributed by atoms with Crippen LogP contribution in [0.25, 0.3) is 6.08 Å². The molecule has 0 aliphatic carbocycles. The Labute approximate surface area is 166 Å². The normalized spacial score (nSPS) is 15.3. The predicted molar refractivity (Wildman–Crippen MR) is 107 cm³/mol. The number of ether oxygens (including phenoxy) is 2. The summed E-state index contributed by atoms with van der Waals surface area (Å²) < 4.78 is 34.7. The molecule has 1 aliphatic heterocycles. The van der Waals surface area contributed by atoms with Gasteiger partial charge in [0.15, 0.2) is 16.6 Å². The van der Waals surface area contributed by atoms with Crippen molar-refractivity contribution in [3.8, 4) is 11.5 Å². The summed E-state index contributed by atoms with van der Waals surface area (Å²) >= 11 is 5.33. The van der Waals surface area contributed by atoms with E-state index in [-0.39, 0.29) is 28.2 Å². The molecule has 0 aromatic heterocycles. The van der Waals surface area contributed by atoms with Crippen LogP contribution in [-0.4, -0.2) is 24.7 Å². The second-order valence-electron chi connectivity index (χ2n) is 5.90. The maximum Gasteiger partial charge on any atom is 0.387 e. The van der Waals surface area contributed by atoms with Crippen LogP contribution in [-0.2, 0) is 11.2 Å². The van der Waals surface area contributed by atoms with Crippen LogP contribution >= 0.6 is 12.2 Å². The van der Waals surface area contributed by atoms with E-state index in [0.717, 1.165) is 12.0 Å². The maximum atomic E-state index is 12.9. The molecule has 2 aromatic rings. The summed E-state index contributed by atoms with van der Waals surface area (Å²) in [4.78, 5) is 14.3. The number of halogens is 2. The molecule has 5 nitrogen and oxygen atoms in total. The van der Waals surface area contributed by atoms with E-state index in [9.17, 15) is 13.6 Å². The molecular formula is C20H18F2N2O3S. The number of hydrogen-bond acceptors (Lipinski definition) is 4. The van der Waals surface area contributed by atoms with Crippen molar-refractivity contribution < 1.29 is 23.0 Å². The lowest BCUT2D eigenvalue weighted by Gasteiger charge is -2.17. The maximum absolute atomic E-state index is 12.9. The Morgan fingerprint density at radius 2 is 1.96 bits per heavy atom. The van der Waals surface area contributed by atoms with Gasteiger partial charge < -0.3 is 14.8 Å². The SMILES string of the molecule is CCc1ccccc1N1C(=O)/C(=C\c2ccc(OC)c(OC(F)F)c2)NC1=S. The monoisotopic (exact) mass is 404 g/mol. The highest BCUT2D eigenvalue weighted by Gasteiger charge is 2.33. The second-order valence-corrected chi connectivity index (χ2v) is 6.29. The quantitative estimate of drug-likeness (QED) is 0.580. The summed E-state index contributed by atoms with van der Waals surface area (Å²) in [6.07, 6.45) is 2.27. The van der Waals surface area contributed by atoms with Gasteiger partial charge in [0.1, 0.15) is 5.70 Å². The van der Waals surface area contributed by atoms with Gasteiger partial charge in [-0.25, -0.2) is 0 Å². The standard InChI is InChI=1S/C20H18F2N2O3S/c1-3-13-6-4-5-7-15(13)24-18(25)14(23-20(24)28)10-12-8-9-16(26-2)17(11-12)27-19(21)22/h4-11,19H,3H2,1-2H3,(H,23,28)/b14-10+. The first-order valence-corrected chi connectivity index (χ1v) is 8.93. The zero-order valence-corrected chi connectivity index (χ0v) is 16.1. The van der Waals surface area contributed by atoms with E-state index in [1.807, 2.05) is 31.2 Å². The summed E-state index contributed by atoms with van der Waals surface area (Å²) in [7, 11) is 1.36. The fourth-order valence-corrected chi connectivity index (χ4v) is 3.21. The van der Waals surface area contributed by atoms with Crippen molar-refractivity contribution in [3.05, 3.63) is 59.3 Å². The number of thiocarbonyl (C=S) groups is 1. The topological polar surface area (TPSA) is 50.8 Å². The zero-order valence-electron chi connectivity index (χ0n) is 15.2. The number of para-hydroxylation sites is 1. The Morgan fingerprint density at radius 1 is 1.21 bits per heavy atom. The molecule has 0 unspecified atom stereocenters. The highest BCUT2D eigenvalue weighted by molar-refractivity contribution is 7.80. The van der Waals surface area contributed by atoms with E-state index < -0.39 is 6.61 Å². The highest BCUT2D eigenvalue weighted by Crippen LogP contribution is 2.31. The minimum atomic E-state index is -2.99. The van der Waals surface area contributed by atoms with Crippen molar-refractivity contribution in [2.45, 2.75) is 20.0 Å². The number of carbonyl (C=O) groups is 1. The van der Waals surface area contributed by atoms with E-state index in [1.165, 1.54) is 30.2 Å². The molecule has 3 rings (SSSR count). The summed E-state index contributed by atoms with van der Waals surface area (Å²) in [5.74, 6) is -0.270. The number of hydrogen-bond donors (Lipinski definition) is 1. The van der Waals surface area contributed by atoms with Gasteiger partial charge in [-0.3, -0.25) is 9.69 Å². The van der Waals surface area contributed by atoms with Crippen LogP contribution in [0.4, 0.5) is 14.5 Å². The van der Waals surface area contributed by atoms with Crippen LogP contribution in [0, 0.1) is 0 Å². The molecule has 0 bridgehead atoms. The molecule has 8 heteroatoms. The minimum absolute atomic E-state index is 0.118. The van der Waals surface area contributed by atoms with Crippen LogP contribution < -0.4 is 19.7 Å². The van der Waals surface area contributed by atoms with E-state index in [2.05, 4.69) is 10.1 Å². The van der Waals surface area contributed by atoms with Crippen LogP contribution in [0.15, 0.2) is 48.2 Å². The number of carbonyl (C=O) groups excluding carboxylic acids is 1. The fourth-order valence-electron chi connectivity index (χ4n) is 2.92. The third-order valence-corrected chi connectivity index (χ3v) is 4.49. The molecular weight excluding hydrogens is 386 g/mol. The second kappa shape index (κ2) is 8.35. The van der Waals surface area contributed by atoms with Crippen molar-refractivity contribution in [1.82, 2.24) is 5.32 Å². The van der Waals surface area contributed by atoms with Gasteiger partial charge >= 0.3 is 6.61 Å². The third-order valence-electron chi connectivity index (χ3n) is 4.21. The van der Waals surface area contributed by atoms with Gasteiger partial charge in [-0.15, -0.1) is 0 Å². The van der Waals surface area contributed by atoms with E-state index >= 15 is 0 Å². The van der Waals surface area contributed by atoms with Gasteiger partial charge in [0.2, 0.25) is 0 Å². The van der Waals surface area contributed by atoms with Crippen molar-refractivity contribution in [3.63, 3.8) is 0 Å². The number of rotatable bonds is 6. The molecule has 1 aliphatic rings. The summed E-state index contributed by atoms with van der Waals surface area (Å²) in [5.41, 5.74) is 2.43. The molecule has 1 fully saturated rings. The predicted octanol–water partition coefficient (Wildman–Crippen LogP) is 4.12. The van der Waals surface area contributed by atoms with Gasteiger partial charge in [0, 0.05) is 0 Å². The smallest absolute Gasteiger partial charge is 0.387 e. The molecule has 2 aromatic carbocycles. The van der Waals surface area contributed by atoms with Gasteiger partial charge in [0.05, 0.1) is 12.8 Å². The number of nitrogens with zero attached hydrogens (tertiary/aromatic N) is 1. The molecule has 0 saturated carbocycles. The first-order chi connectivity index (χ1) is 13.4. The summed E-state index contributed by atoms with van der Waals surface area (Å²) in [6, 6.07) is 12.0. The first kappa shape index (κ1) is 19.8. The number of methoxy groups -OCH3 is 1. The Hall–Kier alpha value is -3.00. The number of aryl methyl sites for hydroxylation is 1. The van der Waals surface area contributed by atoms with Crippen molar-refractivity contribution >= 4 is 35.0 Å². The molecule has 28 heavy (non-hydrogen) atoms. The molecule has 1 saturated heterocycles. The van der Waals surface area contributed by atoms with E-state index in [0.29, 0.717) is 11.3 Å². The van der Waals surface area contributed by atoms with Crippen molar-refractivity contribution in [2.75, 3.05) is 12.0 Å². The lowest BCUT2D eigenvalue weighted by Crippen LogP contribution is -2.31. The molecule has 146 valence electrons. The average Bonchev–Trinajstić information content (AvgIpc) is 2.94. The number of benzene rings is 2. The van der Waals surface area contributed by atoms with Gasteiger partial charge in [-0.2, -0.15) is 8.78 Å². The Morgan fingerprint density at radius 3 is 2.64 bits per heavy atom. The van der Waals surface area contributed by atoms with Crippen molar-refractivity contribution in [1.29, 1.82) is 0 Å². The third kappa shape index (κ3) is 3.96. The number of nitrogens with one attached hydrogen (secondary N) is 1. The van der Waals surface area contributed by atoms with E-state index in [4.69, 9.17) is 17.0 Å². The van der Waals surface area contributed by atoms with Crippen molar-refractivity contribution in [2.24, 2.45) is 0 Å². The zero-order chi connectivity index (χ0) is 20.3. The molecule has 0 spiro atoms. The number of amides is 1. The molecule has 0 atom stereocenters. The van der Waals surface area contributed by atoms with E-state index in [1.54, 1.807) is 6.07 Å². The van der Waals surface area contributed by atoms with Crippen LogP contribution in [0.2, 0.25) is 0 Å². The summed E-state index contributed by atoms with van der Waals surface area (Å²) in [5, 5.41) is 3.15. The Bertz CT molecular complexity index is 947. The fraction of sp³-hybridized carbons (Fsp3) is 0.200. The average molecular weight is 404 g/mol. The first-order valence-electron chi connectivity index (χ1n) is 8.52. The van der Waals surface area contributed by atoms with Gasteiger partial charge in [-0.1, -0.05) is 31.2 Å².